The second-order valence-electron chi connectivity index (χ2n) is 9.32. The number of amides is 2. The minimum Gasteiger partial charge on any atom is -0.356 e. The van der Waals surface area contributed by atoms with Gasteiger partial charge in [0.05, 0.1) is 11.6 Å². The molecular weight excluding hydrogens is 478 g/mol. The van der Waals surface area contributed by atoms with Crippen molar-refractivity contribution in [2.45, 2.75) is 37.0 Å². The summed E-state index contributed by atoms with van der Waals surface area (Å²) in [4.78, 5) is 26.9. The van der Waals surface area contributed by atoms with Gasteiger partial charge in [0.15, 0.2) is 0 Å². The second kappa shape index (κ2) is 9.54. The minimum absolute atomic E-state index is 0.0110. The minimum atomic E-state index is -5.09. The number of carbonyl (C=O) groups excluding carboxylic acids is 2. The Morgan fingerprint density at radius 2 is 1.83 bits per heavy atom. The van der Waals surface area contributed by atoms with Crippen LogP contribution in [0.2, 0.25) is 0 Å². The van der Waals surface area contributed by atoms with Gasteiger partial charge in [-0.2, -0.15) is 18.4 Å². The van der Waals surface area contributed by atoms with Crippen molar-refractivity contribution < 1.29 is 31.9 Å². The molecule has 0 radical (unpaired) electrons. The Kier molecular flexibility index (Phi) is 6.80. The predicted molar refractivity (Wildman–Crippen MR) is 121 cm³/mol. The van der Waals surface area contributed by atoms with E-state index >= 15 is 0 Å². The van der Waals surface area contributed by atoms with Crippen molar-refractivity contribution in [1.82, 2.24) is 10.2 Å². The number of carbonyl (C=O) groups is 2. The van der Waals surface area contributed by atoms with E-state index in [-0.39, 0.29) is 36.9 Å². The molecule has 2 aliphatic rings. The van der Waals surface area contributed by atoms with Crippen molar-refractivity contribution in [2.75, 3.05) is 26.7 Å². The molecule has 0 saturated carbocycles. The number of likely N-dealkylation sites (tertiary alicyclic amines) is 1. The fourth-order valence-electron chi connectivity index (χ4n) is 5.54. The first-order valence-electron chi connectivity index (χ1n) is 11.5. The highest BCUT2D eigenvalue weighted by Crippen LogP contribution is 2.50. The summed E-state index contributed by atoms with van der Waals surface area (Å²) in [6, 6.07) is 12.5. The summed E-state index contributed by atoms with van der Waals surface area (Å²) < 4.78 is 61.9. The highest BCUT2D eigenvalue weighted by molar-refractivity contribution is 5.88. The van der Waals surface area contributed by atoms with Gasteiger partial charge >= 0.3 is 6.18 Å². The quantitative estimate of drug-likeness (QED) is 0.640. The molecule has 6 nitrogen and oxygen atoms in total. The lowest BCUT2D eigenvalue weighted by atomic mass is 9.62. The molecule has 2 fully saturated rings. The molecule has 190 valence electrons. The predicted octanol–water partition coefficient (Wildman–Crippen LogP) is 4.01. The molecule has 0 aromatic heterocycles. The van der Waals surface area contributed by atoms with Crippen LogP contribution in [0.25, 0.3) is 0 Å². The van der Waals surface area contributed by atoms with Gasteiger partial charge in [0, 0.05) is 44.6 Å². The number of nitrogens with zero attached hydrogens (tertiary/aromatic N) is 2. The van der Waals surface area contributed by atoms with Gasteiger partial charge in [0.25, 0.3) is 11.5 Å². The first kappa shape index (κ1) is 25.6. The van der Waals surface area contributed by atoms with Crippen LogP contribution in [0, 0.1) is 22.6 Å². The van der Waals surface area contributed by atoms with Crippen LogP contribution in [-0.4, -0.2) is 49.6 Å². The van der Waals surface area contributed by atoms with Crippen LogP contribution in [0.1, 0.15) is 41.9 Å². The van der Waals surface area contributed by atoms with Crippen molar-refractivity contribution >= 4 is 11.8 Å². The molecule has 2 aromatic rings. The smallest absolute Gasteiger partial charge is 0.356 e. The third-order valence-electron chi connectivity index (χ3n) is 7.48. The lowest BCUT2D eigenvalue weighted by Gasteiger charge is -2.50. The summed E-state index contributed by atoms with van der Waals surface area (Å²) >= 11 is 0. The third-order valence-corrected chi connectivity index (χ3v) is 7.48. The topological polar surface area (TPSA) is 82.4 Å². The zero-order chi connectivity index (χ0) is 26.1. The summed E-state index contributed by atoms with van der Waals surface area (Å²) in [5.74, 6) is -1.99. The first-order chi connectivity index (χ1) is 17.1. The van der Waals surface area contributed by atoms with Crippen LogP contribution < -0.4 is 5.32 Å². The van der Waals surface area contributed by atoms with Crippen molar-refractivity contribution in [3.05, 3.63) is 71.0 Å². The number of hydrogen-bond acceptors (Lipinski definition) is 4. The normalized spacial score (nSPS) is 21.4. The molecule has 2 amide bonds. The Morgan fingerprint density at radius 1 is 1.17 bits per heavy atom. The zero-order valence-electron chi connectivity index (χ0n) is 19.6. The van der Waals surface area contributed by atoms with Gasteiger partial charge in [0.1, 0.15) is 5.82 Å². The molecule has 2 heterocycles. The molecule has 36 heavy (non-hydrogen) atoms. The molecule has 2 saturated heterocycles. The number of rotatable bonds is 4. The van der Waals surface area contributed by atoms with E-state index in [1.807, 2.05) is 0 Å². The van der Waals surface area contributed by atoms with Crippen LogP contribution in [-0.2, 0) is 19.9 Å². The van der Waals surface area contributed by atoms with Crippen molar-refractivity contribution in [3.63, 3.8) is 0 Å². The van der Waals surface area contributed by atoms with Crippen LogP contribution in [0.4, 0.5) is 17.6 Å². The largest absolute Gasteiger partial charge is 0.430 e. The van der Waals surface area contributed by atoms with Gasteiger partial charge in [-0.1, -0.05) is 24.3 Å². The SMILES string of the molecule is CO[C@@](C(=O)N1CCC2(CC1)CC(=O)NC[C@H]2c1ccc(F)cc1)(c1cccc(C#N)c1)C(F)(F)F. The fraction of sp³-hybridized carbons (Fsp3) is 0.423. The Hall–Kier alpha value is -3.45. The summed E-state index contributed by atoms with van der Waals surface area (Å²) in [7, 11) is 0.825. The summed E-state index contributed by atoms with van der Waals surface area (Å²) in [6.45, 7) is 0.301. The molecule has 1 N–H and O–H groups in total. The average Bonchev–Trinajstić information content (AvgIpc) is 2.85. The number of halogens is 4. The van der Waals surface area contributed by atoms with E-state index in [9.17, 15) is 27.2 Å². The molecule has 2 aliphatic heterocycles. The van der Waals surface area contributed by atoms with E-state index in [2.05, 4.69) is 5.32 Å². The maximum Gasteiger partial charge on any atom is 0.430 e. The number of alkyl halides is 3. The Labute approximate surface area is 205 Å². The van der Waals surface area contributed by atoms with E-state index in [0.717, 1.165) is 29.7 Å². The molecule has 4 rings (SSSR count). The maximum absolute atomic E-state index is 14.5. The Bertz CT molecular complexity index is 1180. The molecule has 0 unspecified atom stereocenters. The number of ether oxygens (including phenoxy) is 1. The van der Waals surface area contributed by atoms with Crippen LogP contribution in [0.3, 0.4) is 0 Å². The van der Waals surface area contributed by atoms with Gasteiger partial charge in [-0.25, -0.2) is 4.39 Å². The van der Waals surface area contributed by atoms with Crippen molar-refractivity contribution in [2.24, 2.45) is 5.41 Å². The summed E-state index contributed by atoms with van der Waals surface area (Å²) in [5, 5.41) is 12.0. The Balaban J connectivity index is 1.64. The van der Waals surface area contributed by atoms with Gasteiger partial charge in [-0.05, 0) is 48.1 Å². The number of methoxy groups -OCH3 is 1. The summed E-state index contributed by atoms with van der Waals surface area (Å²) in [5.41, 5.74) is -3.52. The lowest BCUT2D eigenvalue weighted by molar-refractivity contribution is -0.271. The van der Waals surface area contributed by atoms with Crippen molar-refractivity contribution in [1.29, 1.82) is 5.26 Å². The van der Waals surface area contributed by atoms with E-state index in [1.54, 1.807) is 18.2 Å². The zero-order valence-corrected chi connectivity index (χ0v) is 19.6. The number of benzene rings is 2. The van der Waals surface area contributed by atoms with E-state index in [0.29, 0.717) is 19.4 Å². The number of piperidine rings is 2. The van der Waals surface area contributed by atoms with Crippen LogP contribution in [0.5, 0.6) is 0 Å². The number of nitrogens with one attached hydrogen (secondary N) is 1. The molecule has 2 atom stereocenters. The van der Waals surface area contributed by atoms with E-state index < -0.39 is 34.5 Å². The molecular formula is C26H25F4N3O3. The summed E-state index contributed by atoms with van der Waals surface area (Å²) in [6.07, 6.45) is -4.34. The first-order valence-corrected chi connectivity index (χ1v) is 11.5. The van der Waals surface area contributed by atoms with Crippen LogP contribution >= 0.6 is 0 Å². The second-order valence-corrected chi connectivity index (χ2v) is 9.32. The van der Waals surface area contributed by atoms with E-state index in [1.165, 1.54) is 24.3 Å². The van der Waals surface area contributed by atoms with E-state index in [4.69, 9.17) is 10.00 Å². The number of hydrogen-bond donors (Lipinski definition) is 1. The third kappa shape index (κ3) is 4.32. The molecule has 10 heteroatoms. The highest BCUT2D eigenvalue weighted by atomic mass is 19.4. The Morgan fingerprint density at radius 3 is 2.42 bits per heavy atom. The maximum atomic E-state index is 14.5. The van der Waals surface area contributed by atoms with Gasteiger partial charge < -0.3 is 15.0 Å². The van der Waals surface area contributed by atoms with Gasteiger partial charge in [-0.15, -0.1) is 0 Å². The van der Waals surface area contributed by atoms with Crippen LogP contribution in [0.15, 0.2) is 48.5 Å². The molecule has 2 aromatic carbocycles. The average molecular weight is 503 g/mol. The standard InChI is InChI=1S/C26H25F4N3O3/c1-36-25(26(28,29)30,19-4-2-3-17(13-19)15-31)23(35)33-11-9-24(10-12-33)14-22(34)32-16-21(24)18-5-7-20(27)8-6-18/h2-8,13,21H,9-12,14,16H2,1H3,(H,32,34)/t21-,25+/m0/s1. The van der Waals surface area contributed by atoms with Crippen molar-refractivity contribution in [3.8, 4) is 6.07 Å². The molecule has 1 spiro atoms. The lowest BCUT2D eigenvalue weighted by Crippen LogP contribution is -2.60. The monoisotopic (exact) mass is 503 g/mol. The highest BCUT2D eigenvalue weighted by Gasteiger charge is 2.64. The molecule has 0 aliphatic carbocycles. The van der Waals surface area contributed by atoms with Gasteiger partial charge in [-0.3, -0.25) is 9.59 Å². The fourth-order valence-corrected chi connectivity index (χ4v) is 5.54. The molecule has 0 bridgehead atoms. The number of nitriles is 1. The van der Waals surface area contributed by atoms with Gasteiger partial charge in [0.2, 0.25) is 5.91 Å².